The molecule has 1 aliphatic heterocycles. The molecule has 21 heavy (non-hydrogen) atoms. The number of rotatable bonds is 4. The second-order valence-corrected chi connectivity index (χ2v) is 5.23. The first-order valence-electron chi connectivity index (χ1n) is 7.30. The van der Waals surface area contributed by atoms with E-state index in [0.717, 1.165) is 45.0 Å². The molecule has 0 aromatic carbocycles. The van der Waals surface area contributed by atoms with Gasteiger partial charge in [-0.3, -0.25) is 9.59 Å². The summed E-state index contributed by atoms with van der Waals surface area (Å²) in [6.45, 7) is 2.76. The summed E-state index contributed by atoms with van der Waals surface area (Å²) in [5.74, 6) is 0.0456. The van der Waals surface area contributed by atoms with Gasteiger partial charge >= 0.3 is 0 Å². The van der Waals surface area contributed by atoms with Crippen molar-refractivity contribution in [3.63, 3.8) is 0 Å². The predicted molar refractivity (Wildman–Crippen MR) is 76.0 cm³/mol. The molecule has 0 aliphatic carbocycles. The Labute approximate surface area is 123 Å². The zero-order valence-corrected chi connectivity index (χ0v) is 12.2. The Morgan fingerprint density at radius 3 is 2.62 bits per heavy atom. The van der Waals surface area contributed by atoms with Gasteiger partial charge in [0.1, 0.15) is 18.6 Å². The van der Waals surface area contributed by atoms with E-state index in [0.29, 0.717) is 0 Å². The van der Waals surface area contributed by atoms with Crippen molar-refractivity contribution in [2.45, 2.75) is 45.3 Å². The Morgan fingerprint density at radius 1 is 1.38 bits per heavy atom. The van der Waals surface area contributed by atoms with Gasteiger partial charge in [-0.1, -0.05) is 12.8 Å². The Balaban J connectivity index is 2.01. The quantitative estimate of drug-likeness (QED) is 0.905. The Kier molecular flexibility index (Phi) is 5.38. The van der Waals surface area contributed by atoms with Crippen molar-refractivity contribution in [1.82, 2.24) is 4.90 Å². The van der Waals surface area contributed by atoms with E-state index in [-0.39, 0.29) is 24.0 Å². The van der Waals surface area contributed by atoms with E-state index in [2.05, 4.69) is 0 Å². The van der Waals surface area contributed by atoms with Gasteiger partial charge in [0.15, 0.2) is 6.10 Å². The number of amides is 1. The van der Waals surface area contributed by atoms with Gasteiger partial charge in [0.05, 0.1) is 0 Å². The molecule has 2 rings (SSSR count). The van der Waals surface area contributed by atoms with Gasteiger partial charge in [0, 0.05) is 19.2 Å². The molecule has 2 heterocycles. The summed E-state index contributed by atoms with van der Waals surface area (Å²) in [7, 11) is 0. The Hall–Kier alpha value is -1.82. The average Bonchev–Trinajstić information content (AvgIpc) is 2.77. The fraction of sp³-hybridized carbons (Fsp3) is 0.600. The van der Waals surface area contributed by atoms with Crippen molar-refractivity contribution in [2.75, 3.05) is 13.1 Å². The van der Waals surface area contributed by atoms with Crippen molar-refractivity contribution < 1.29 is 19.1 Å². The molecular formula is C15H21NO5. The molecule has 116 valence electrons. The third-order valence-corrected chi connectivity index (χ3v) is 3.58. The maximum absolute atomic E-state index is 12.3. The number of carbonyl (C=O) groups excluding carboxylic acids is 1. The number of aliphatic hydroxyl groups is 1. The standard InChI is InChI=1S/C15H21NO5/c1-11(15(19)16-6-4-2-3-5-7-16)21-14-10-20-12(9-17)8-13(14)18/h8,10-11,17H,2-7,9H2,1H3. The highest BCUT2D eigenvalue weighted by atomic mass is 16.5. The summed E-state index contributed by atoms with van der Waals surface area (Å²) in [6.07, 6.45) is 4.71. The van der Waals surface area contributed by atoms with Gasteiger partial charge in [0.25, 0.3) is 5.91 Å². The third-order valence-electron chi connectivity index (χ3n) is 3.58. The van der Waals surface area contributed by atoms with E-state index in [4.69, 9.17) is 14.3 Å². The minimum atomic E-state index is -0.731. The number of likely N-dealkylation sites (tertiary alicyclic amines) is 1. The van der Waals surface area contributed by atoms with Gasteiger partial charge < -0.3 is 19.2 Å². The number of ether oxygens (including phenoxy) is 1. The van der Waals surface area contributed by atoms with Gasteiger partial charge in [0.2, 0.25) is 11.2 Å². The molecule has 6 heteroatoms. The van der Waals surface area contributed by atoms with Crippen LogP contribution in [0.4, 0.5) is 0 Å². The zero-order valence-electron chi connectivity index (χ0n) is 12.2. The number of aliphatic hydroxyl groups excluding tert-OH is 1. The maximum Gasteiger partial charge on any atom is 0.263 e. The van der Waals surface area contributed by atoms with E-state index in [9.17, 15) is 9.59 Å². The molecule has 1 aromatic heterocycles. The second-order valence-electron chi connectivity index (χ2n) is 5.23. The normalized spacial score (nSPS) is 17.1. The first kappa shape index (κ1) is 15.6. The van der Waals surface area contributed by atoms with Gasteiger partial charge in [-0.15, -0.1) is 0 Å². The van der Waals surface area contributed by atoms with Crippen molar-refractivity contribution in [3.8, 4) is 5.75 Å². The number of hydrogen-bond donors (Lipinski definition) is 1. The fourth-order valence-corrected chi connectivity index (χ4v) is 2.40. The molecule has 1 atom stereocenters. The summed E-state index contributed by atoms with van der Waals surface area (Å²) < 4.78 is 10.5. The lowest BCUT2D eigenvalue weighted by Gasteiger charge is -2.24. The molecule has 1 aliphatic rings. The lowest BCUT2D eigenvalue weighted by molar-refractivity contribution is -0.137. The molecule has 0 bridgehead atoms. The molecule has 1 unspecified atom stereocenters. The minimum absolute atomic E-state index is 0.0112. The Morgan fingerprint density at radius 2 is 2.05 bits per heavy atom. The fourth-order valence-electron chi connectivity index (χ4n) is 2.40. The molecular weight excluding hydrogens is 274 g/mol. The highest BCUT2D eigenvalue weighted by Crippen LogP contribution is 2.13. The number of hydrogen-bond acceptors (Lipinski definition) is 5. The van der Waals surface area contributed by atoms with Gasteiger partial charge in [-0.05, 0) is 19.8 Å². The van der Waals surface area contributed by atoms with E-state index in [1.807, 2.05) is 0 Å². The molecule has 1 aromatic rings. The van der Waals surface area contributed by atoms with Gasteiger partial charge in [-0.25, -0.2) is 0 Å². The maximum atomic E-state index is 12.3. The van der Waals surface area contributed by atoms with Crippen LogP contribution in [0.1, 0.15) is 38.4 Å². The van der Waals surface area contributed by atoms with Crippen LogP contribution in [-0.4, -0.2) is 35.1 Å². The van der Waals surface area contributed by atoms with Crippen LogP contribution in [0.5, 0.6) is 5.75 Å². The summed E-state index contributed by atoms with van der Waals surface area (Å²) in [4.78, 5) is 25.9. The van der Waals surface area contributed by atoms with Crippen molar-refractivity contribution in [1.29, 1.82) is 0 Å². The highest BCUT2D eigenvalue weighted by molar-refractivity contribution is 5.80. The number of carbonyl (C=O) groups is 1. The van der Waals surface area contributed by atoms with Crippen LogP contribution in [0.25, 0.3) is 0 Å². The lowest BCUT2D eigenvalue weighted by Crippen LogP contribution is -2.41. The Bertz CT molecular complexity index is 531. The van der Waals surface area contributed by atoms with Crippen LogP contribution in [-0.2, 0) is 11.4 Å². The van der Waals surface area contributed by atoms with Crippen LogP contribution in [0.3, 0.4) is 0 Å². The monoisotopic (exact) mass is 295 g/mol. The molecule has 6 nitrogen and oxygen atoms in total. The van der Waals surface area contributed by atoms with Crippen molar-refractivity contribution in [2.24, 2.45) is 0 Å². The summed E-state index contributed by atoms with van der Waals surface area (Å²) in [6, 6.07) is 1.17. The van der Waals surface area contributed by atoms with Crippen molar-refractivity contribution >= 4 is 5.91 Å². The summed E-state index contributed by atoms with van der Waals surface area (Å²) >= 11 is 0. The molecule has 1 saturated heterocycles. The first-order valence-corrected chi connectivity index (χ1v) is 7.30. The molecule has 1 amide bonds. The molecule has 0 saturated carbocycles. The smallest absolute Gasteiger partial charge is 0.263 e. The number of nitrogens with zero attached hydrogens (tertiary/aromatic N) is 1. The van der Waals surface area contributed by atoms with E-state index in [1.54, 1.807) is 11.8 Å². The summed E-state index contributed by atoms with van der Waals surface area (Å²) in [5, 5.41) is 8.89. The largest absolute Gasteiger partial charge is 0.474 e. The molecule has 0 spiro atoms. The van der Waals surface area contributed by atoms with Gasteiger partial charge in [-0.2, -0.15) is 0 Å². The van der Waals surface area contributed by atoms with Crippen LogP contribution in [0.2, 0.25) is 0 Å². The van der Waals surface area contributed by atoms with E-state index in [1.165, 1.54) is 6.07 Å². The summed E-state index contributed by atoms with van der Waals surface area (Å²) in [5.41, 5.74) is -0.402. The second kappa shape index (κ2) is 7.26. The van der Waals surface area contributed by atoms with Crippen LogP contribution < -0.4 is 10.2 Å². The van der Waals surface area contributed by atoms with Crippen LogP contribution in [0.15, 0.2) is 21.5 Å². The lowest BCUT2D eigenvalue weighted by atomic mass is 10.2. The predicted octanol–water partition coefficient (Wildman–Crippen LogP) is 1.30. The van der Waals surface area contributed by atoms with Crippen LogP contribution >= 0.6 is 0 Å². The average molecular weight is 295 g/mol. The van der Waals surface area contributed by atoms with E-state index < -0.39 is 11.5 Å². The molecule has 0 radical (unpaired) electrons. The first-order chi connectivity index (χ1) is 10.1. The van der Waals surface area contributed by atoms with Crippen molar-refractivity contribution in [3.05, 3.63) is 28.3 Å². The highest BCUT2D eigenvalue weighted by Gasteiger charge is 2.23. The van der Waals surface area contributed by atoms with E-state index >= 15 is 0 Å². The third kappa shape index (κ3) is 4.07. The minimum Gasteiger partial charge on any atom is -0.474 e. The van der Waals surface area contributed by atoms with Crippen LogP contribution in [0, 0.1) is 0 Å². The zero-order chi connectivity index (χ0) is 15.2. The SMILES string of the molecule is CC(Oc1coc(CO)cc1=O)C(=O)N1CCCCCC1. The molecule has 1 N–H and O–H groups in total. The molecule has 1 fully saturated rings. The topological polar surface area (TPSA) is 80.0 Å².